The van der Waals surface area contributed by atoms with E-state index < -0.39 is 0 Å². The largest absolute Gasteiger partial charge is 0.383 e. The highest BCUT2D eigenvalue weighted by atomic mass is 16.5. The van der Waals surface area contributed by atoms with Crippen LogP contribution in [0.25, 0.3) is 0 Å². The molecule has 96 valence electrons. The molecule has 0 rings (SSSR count). The van der Waals surface area contributed by atoms with Crippen molar-refractivity contribution in [1.82, 2.24) is 10.2 Å². The molecule has 16 heavy (non-hydrogen) atoms. The van der Waals surface area contributed by atoms with Gasteiger partial charge in [-0.2, -0.15) is 0 Å². The van der Waals surface area contributed by atoms with Crippen LogP contribution in [0.2, 0.25) is 0 Å². The lowest BCUT2D eigenvalue weighted by atomic mass is 10.2. The molecule has 0 aliphatic carbocycles. The molecule has 0 aromatic rings. The highest BCUT2D eigenvalue weighted by molar-refractivity contribution is 4.73. The fraction of sp³-hybridized carbons (Fsp3) is 0.846. The lowest BCUT2D eigenvalue weighted by Gasteiger charge is -2.19. The molecule has 3 nitrogen and oxygen atoms in total. The summed E-state index contributed by atoms with van der Waals surface area (Å²) in [6.07, 6.45) is 5.81. The lowest BCUT2D eigenvalue weighted by molar-refractivity contribution is 0.153. The number of rotatable bonds is 12. The fourth-order valence-electron chi connectivity index (χ4n) is 1.64. The third-order valence-corrected chi connectivity index (χ3v) is 2.58. The van der Waals surface area contributed by atoms with Gasteiger partial charge >= 0.3 is 0 Å². The van der Waals surface area contributed by atoms with Crippen molar-refractivity contribution >= 4 is 0 Å². The van der Waals surface area contributed by atoms with Crippen molar-refractivity contribution in [3.8, 4) is 0 Å². The summed E-state index contributed by atoms with van der Waals surface area (Å²) in [4.78, 5) is 2.39. The van der Waals surface area contributed by atoms with E-state index in [1.54, 1.807) is 7.11 Å². The Morgan fingerprint density at radius 3 is 2.69 bits per heavy atom. The summed E-state index contributed by atoms with van der Waals surface area (Å²) in [6.45, 7) is 12.1. The summed E-state index contributed by atoms with van der Waals surface area (Å²) in [5.41, 5.74) is 0. The minimum absolute atomic E-state index is 0.811. The Hall–Kier alpha value is -0.380. The Balaban J connectivity index is 3.39. The number of methoxy groups -OCH3 is 1. The number of ether oxygens (including phenoxy) is 1. The van der Waals surface area contributed by atoms with E-state index in [-0.39, 0.29) is 0 Å². The minimum Gasteiger partial charge on any atom is -0.383 e. The smallest absolute Gasteiger partial charge is 0.0589 e. The van der Waals surface area contributed by atoms with Gasteiger partial charge < -0.3 is 10.1 Å². The molecule has 0 aromatic heterocycles. The van der Waals surface area contributed by atoms with Crippen molar-refractivity contribution < 1.29 is 4.74 Å². The van der Waals surface area contributed by atoms with Crippen molar-refractivity contribution in [3.05, 3.63) is 12.7 Å². The van der Waals surface area contributed by atoms with Gasteiger partial charge in [0.1, 0.15) is 0 Å². The molecular formula is C13H28N2O. The van der Waals surface area contributed by atoms with Crippen LogP contribution >= 0.6 is 0 Å². The quantitative estimate of drug-likeness (QED) is 0.408. The molecular weight excluding hydrogens is 200 g/mol. The Bertz CT molecular complexity index is 151. The van der Waals surface area contributed by atoms with Gasteiger partial charge in [-0.05, 0) is 32.5 Å². The molecule has 0 aromatic carbocycles. The monoisotopic (exact) mass is 228 g/mol. The minimum atomic E-state index is 0.811. The van der Waals surface area contributed by atoms with Crippen LogP contribution in [0.4, 0.5) is 0 Å². The van der Waals surface area contributed by atoms with Crippen molar-refractivity contribution in [2.75, 3.05) is 46.4 Å². The molecule has 0 bridgehead atoms. The Labute approximate surface area is 101 Å². The average Bonchev–Trinajstić information content (AvgIpc) is 2.30. The van der Waals surface area contributed by atoms with Crippen LogP contribution in [0.5, 0.6) is 0 Å². The third-order valence-electron chi connectivity index (χ3n) is 2.58. The van der Waals surface area contributed by atoms with Crippen LogP contribution < -0.4 is 5.32 Å². The Morgan fingerprint density at radius 2 is 2.06 bits per heavy atom. The standard InChI is InChI=1S/C13H28N2O/c1-4-10-15(12-13-16-3)11-8-6-7-9-14-5-2/h4,14H,1,5-13H2,2-3H3. The second-order valence-corrected chi connectivity index (χ2v) is 4.00. The molecule has 0 amide bonds. The zero-order chi connectivity index (χ0) is 12.1. The van der Waals surface area contributed by atoms with Crippen molar-refractivity contribution in [1.29, 1.82) is 0 Å². The van der Waals surface area contributed by atoms with Crippen LogP contribution in [0.1, 0.15) is 26.2 Å². The molecule has 0 saturated carbocycles. The molecule has 0 saturated heterocycles. The molecule has 3 heteroatoms. The molecule has 0 fully saturated rings. The maximum Gasteiger partial charge on any atom is 0.0589 e. The van der Waals surface area contributed by atoms with Gasteiger partial charge in [0.2, 0.25) is 0 Å². The van der Waals surface area contributed by atoms with Gasteiger partial charge in [0, 0.05) is 20.2 Å². The fourth-order valence-corrected chi connectivity index (χ4v) is 1.64. The summed E-state index contributed by atoms with van der Waals surface area (Å²) in [6, 6.07) is 0. The van der Waals surface area contributed by atoms with Gasteiger partial charge in [-0.3, -0.25) is 4.90 Å². The SMILES string of the molecule is C=CCN(CCCCCNCC)CCOC. The first-order valence-electron chi connectivity index (χ1n) is 6.38. The van der Waals surface area contributed by atoms with Crippen LogP contribution in [0.3, 0.4) is 0 Å². The molecule has 0 atom stereocenters. The molecule has 0 radical (unpaired) electrons. The first kappa shape index (κ1) is 15.6. The summed E-state index contributed by atoms with van der Waals surface area (Å²) in [7, 11) is 1.75. The van der Waals surface area contributed by atoms with Gasteiger partial charge in [0.05, 0.1) is 6.61 Å². The second kappa shape index (κ2) is 12.7. The van der Waals surface area contributed by atoms with Crippen LogP contribution in [0.15, 0.2) is 12.7 Å². The predicted octanol–water partition coefficient (Wildman–Crippen LogP) is 1.90. The van der Waals surface area contributed by atoms with Crippen molar-refractivity contribution in [3.63, 3.8) is 0 Å². The highest BCUT2D eigenvalue weighted by Crippen LogP contribution is 1.98. The van der Waals surface area contributed by atoms with E-state index in [1.165, 1.54) is 19.3 Å². The maximum absolute atomic E-state index is 5.09. The Morgan fingerprint density at radius 1 is 1.25 bits per heavy atom. The molecule has 0 aliphatic rings. The zero-order valence-corrected chi connectivity index (χ0v) is 11.0. The summed E-state index contributed by atoms with van der Waals surface area (Å²) in [5.74, 6) is 0. The third kappa shape index (κ3) is 10.1. The van der Waals surface area contributed by atoms with Gasteiger partial charge in [0.15, 0.2) is 0 Å². The summed E-state index contributed by atoms with van der Waals surface area (Å²) < 4.78 is 5.09. The number of nitrogens with zero attached hydrogens (tertiary/aromatic N) is 1. The van der Waals surface area contributed by atoms with E-state index in [0.717, 1.165) is 39.3 Å². The van der Waals surface area contributed by atoms with Gasteiger partial charge in [-0.25, -0.2) is 0 Å². The van der Waals surface area contributed by atoms with Crippen LogP contribution in [0, 0.1) is 0 Å². The van der Waals surface area contributed by atoms with E-state index in [0.29, 0.717) is 0 Å². The zero-order valence-electron chi connectivity index (χ0n) is 11.0. The average molecular weight is 228 g/mol. The van der Waals surface area contributed by atoms with Gasteiger partial charge in [-0.1, -0.05) is 19.4 Å². The molecule has 1 N–H and O–H groups in total. The van der Waals surface area contributed by atoms with E-state index in [4.69, 9.17) is 4.74 Å². The van der Waals surface area contributed by atoms with Crippen molar-refractivity contribution in [2.24, 2.45) is 0 Å². The van der Waals surface area contributed by atoms with E-state index in [9.17, 15) is 0 Å². The molecule has 0 unspecified atom stereocenters. The normalized spacial score (nSPS) is 10.9. The van der Waals surface area contributed by atoms with E-state index in [1.807, 2.05) is 6.08 Å². The summed E-state index contributed by atoms with van der Waals surface area (Å²) in [5, 5.41) is 3.35. The number of hydrogen-bond acceptors (Lipinski definition) is 3. The van der Waals surface area contributed by atoms with Crippen LogP contribution in [-0.4, -0.2) is 51.3 Å². The van der Waals surface area contributed by atoms with Gasteiger partial charge in [0.25, 0.3) is 0 Å². The first-order chi connectivity index (χ1) is 7.85. The number of unbranched alkanes of at least 4 members (excludes halogenated alkanes) is 2. The molecule has 0 aliphatic heterocycles. The Kier molecular flexibility index (Phi) is 12.4. The molecule has 0 spiro atoms. The summed E-state index contributed by atoms with van der Waals surface area (Å²) >= 11 is 0. The lowest BCUT2D eigenvalue weighted by Crippen LogP contribution is -2.28. The predicted molar refractivity (Wildman–Crippen MR) is 70.9 cm³/mol. The topological polar surface area (TPSA) is 24.5 Å². The first-order valence-corrected chi connectivity index (χ1v) is 6.38. The second-order valence-electron chi connectivity index (χ2n) is 4.00. The highest BCUT2D eigenvalue weighted by Gasteiger charge is 2.01. The van der Waals surface area contributed by atoms with E-state index >= 15 is 0 Å². The van der Waals surface area contributed by atoms with E-state index in [2.05, 4.69) is 23.7 Å². The maximum atomic E-state index is 5.09. The van der Waals surface area contributed by atoms with Gasteiger partial charge in [-0.15, -0.1) is 6.58 Å². The molecule has 0 heterocycles. The number of hydrogen-bond donors (Lipinski definition) is 1. The van der Waals surface area contributed by atoms with Crippen LogP contribution in [-0.2, 0) is 4.74 Å². The van der Waals surface area contributed by atoms with Crippen molar-refractivity contribution in [2.45, 2.75) is 26.2 Å². The number of nitrogens with one attached hydrogen (secondary N) is 1.